The van der Waals surface area contributed by atoms with Gasteiger partial charge in [0.05, 0.1) is 12.8 Å². The maximum absolute atomic E-state index is 13.7. The largest absolute Gasteiger partial charge is 0.423 e. The van der Waals surface area contributed by atoms with E-state index in [1.165, 1.54) is 0 Å². The number of ether oxygens (including phenoxy) is 2. The standard InChI is InChI=1S/C11H6F12O5/c12-6(13,5-27-3(24)1-2-4(25)28-5)7(14,15)8(16,17)9(18,19)10(20,21)11(22,23)26/h5,26H,1-2H2. The molecule has 0 aromatic rings. The van der Waals surface area contributed by atoms with E-state index in [-0.39, 0.29) is 0 Å². The molecule has 0 amide bonds. The first kappa shape index (κ1) is 24.1. The smallest absolute Gasteiger partial charge is 0.418 e. The Morgan fingerprint density at radius 2 is 0.964 bits per heavy atom. The van der Waals surface area contributed by atoms with E-state index in [1.807, 2.05) is 0 Å². The maximum atomic E-state index is 13.7. The Bertz CT molecular complexity index is 622. The third kappa shape index (κ3) is 3.32. The van der Waals surface area contributed by atoms with Crippen LogP contribution in [0.15, 0.2) is 0 Å². The minimum atomic E-state index is -8.00. The molecule has 0 aromatic carbocycles. The first-order valence-electron chi connectivity index (χ1n) is 6.53. The lowest BCUT2D eigenvalue weighted by atomic mass is 9.93. The molecule has 1 fully saturated rings. The number of halogens is 12. The molecule has 0 saturated carbocycles. The molecular weight excluding hydrogens is 440 g/mol. The maximum Gasteiger partial charge on any atom is 0.423 e. The van der Waals surface area contributed by atoms with Crippen LogP contribution in [0.25, 0.3) is 0 Å². The quantitative estimate of drug-likeness (QED) is 0.502. The summed E-state index contributed by atoms with van der Waals surface area (Å²) >= 11 is 0. The van der Waals surface area contributed by atoms with Gasteiger partial charge in [-0.05, 0) is 0 Å². The number of rotatable bonds is 6. The van der Waals surface area contributed by atoms with E-state index in [0.717, 1.165) is 0 Å². The van der Waals surface area contributed by atoms with E-state index in [0.29, 0.717) is 0 Å². The van der Waals surface area contributed by atoms with Crippen LogP contribution in [0, 0.1) is 0 Å². The molecule has 1 aliphatic heterocycles. The van der Waals surface area contributed by atoms with Crippen LogP contribution in [0.2, 0.25) is 0 Å². The summed E-state index contributed by atoms with van der Waals surface area (Å²) < 4.78 is 164. The molecule has 1 saturated heterocycles. The second kappa shape index (κ2) is 6.55. The molecule has 0 atom stereocenters. The van der Waals surface area contributed by atoms with E-state index in [1.54, 1.807) is 0 Å². The summed E-state index contributed by atoms with van der Waals surface area (Å²) in [4.78, 5) is 21.9. The first-order chi connectivity index (χ1) is 12.1. The lowest BCUT2D eigenvalue weighted by Gasteiger charge is -2.41. The summed E-state index contributed by atoms with van der Waals surface area (Å²) in [5.41, 5.74) is 0. The minimum absolute atomic E-state index is 1.08. The van der Waals surface area contributed by atoms with Crippen molar-refractivity contribution in [2.45, 2.75) is 54.9 Å². The Morgan fingerprint density at radius 1 is 0.643 bits per heavy atom. The highest BCUT2D eigenvalue weighted by Crippen LogP contribution is 2.60. The lowest BCUT2D eigenvalue weighted by Crippen LogP contribution is -2.72. The number of alkyl halides is 12. The predicted octanol–water partition coefficient (Wildman–Crippen LogP) is 2.95. The highest BCUT2D eigenvalue weighted by molar-refractivity contribution is 5.79. The number of cyclic esters (lactones) is 2. The Morgan fingerprint density at radius 3 is 1.29 bits per heavy atom. The molecule has 1 heterocycles. The van der Waals surface area contributed by atoms with Gasteiger partial charge in [0, 0.05) is 0 Å². The molecule has 0 aliphatic carbocycles. The van der Waals surface area contributed by atoms with Crippen molar-refractivity contribution in [1.29, 1.82) is 0 Å². The van der Waals surface area contributed by atoms with E-state index >= 15 is 0 Å². The summed E-state index contributed by atoms with van der Waals surface area (Å²) in [5, 5.41) is 7.60. The van der Waals surface area contributed by atoms with Gasteiger partial charge in [0.15, 0.2) is 0 Å². The Hall–Kier alpha value is -1.94. The summed E-state index contributed by atoms with van der Waals surface area (Å²) in [6.45, 7) is 0. The number of hydrogen-bond donors (Lipinski definition) is 1. The predicted molar refractivity (Wildman–Crippen MR) is 57.1 cm³/mol. The molecule has 0 radical (unpaired) electrons. The van der Waals surface area contributed by atoms with Gasteiger partial charge in [0.25, 0.3) is 0 Å². The molecule has 1 aliphatic rings. The van der Waals surface area contributed by atoms with Crippen LogP contribution in [0.5, 0.6) is 0 Å². The fraction of sp³-hybridized carbons (Fsp3) is 0.818. The van der Waals surface area contributed by atoms with Gasteiger partial charge in [-0.3, -0.25) is 9.59 Å². The van der Waals surface area contributed by atoms with Crippen molar-refractivity contribution in [1.82, 2.24) is 0 Å². The van der Waals surface area contributed by atoms with Gasteiger partial charge < -0.3 is 14.6 Å². The number of esters is 2. The van der Waals surface area contributed by atoms with Crippen molar-refractivity contribution in [3.63, 3.8) is 0 Å². The van der Waals surface area contributed by atoms with Crippen LogP contribution in [0.3, 0.4) is 0 Å². The average molecular weight is 446 g/mol. The fourth-order valence-electron chi connectivity index (χ4n) is 1.67. The summed E-state index contributed by atoms with van der Waals surface area (Å²) in [5.74, 6) is -42.0. The van der Waals surface area contributed by atoms with Gasteiger partial charge in [-0.2, -0.15) is 52.7 Å². The molecular formula is C11H6F12O5. The second-order valence-electron chi connectivity index (χ2n) is 5.27. The van der Waals surface area contributed by atoms with Crippen LogP contribution in [0.4, 0.5) is 52.7 Å². The number of carbonyl (C=O) groups excluding carboxylic acids is 2. The van der Waals surface area contributed by atoms with Gasteiger partial charge in [0.1, 0.15) is 0 Å². The van der Waals surface area contributed by atoms with Crippen molar-refractivity contribution < 1.29 is 76.9 Å². The molecule has 0 bridgehead atoms. The zero-order valence-corrected chi connectivity index (χ0v) is 12.6. The number of hydrogen-bond acceptors (Lipinski definition) is 5. The highest BCUT2D eigenvalue weighted by Gasteiger charge is 2.91. The van der Waals surface area contributed by atoms with Gasteiger partial charge in [0.2, 0.25) is 0 Å². The van der Waals surface area contributed by atoms with Gasteiger partial charge in [-0.15, -0.1) is 0 Å². The van der Waals surface area contributed by atoms with Gasteiger partial charge in [-0.1, -0.05) is 0 Å². The Balaban J connectivity index is 3.48. The third-order valence-corrected chi connectivity index (χ3v) is 3.29. The highest BCUT2D eigenvalue weighted by atomic mass is 19.4. The summed E-state index contributed by atoms with van der Waals surface area (Å²) in [6, 6.07) is 0. The van der Waals surface area contributed by atoms with Crippen LogP contribution >= 0.6 is 0 Å². The molecule has 28 heavy (non-hydrogen) atoms. The van der Waals surface area contributed by atoms with Gasteiger partial charge >= 0.3 is 53.9 Å². The van der Waals surface area contributed by atoms with Crippen molar-refractivity contribution in [2.24, 2.45) is 0 Å². The number of carbonyl (C=O) groups is 2. The Labute approximate surface area is 145 Å². The third-order valence-electron chi connectivity index (χ3n) is 3.29. The zero-order valence-electron chi connectivity index (χ0n) is 12.6. The van der Waals surface area contributed by atoms with Crippen LogP contribution in [-0.4, -0.2) is 59.1 Å². The second-order valence-corrected chi connectivity index (χ2v) is 5.27. The molecule has 0 spiro atoms. The molecule has 1 rings (SSSR count). The molecule has 17 heteroatoms. The van der Waals surface area contributed by atoms with E-state index in [4.69, 9.17) is 5.11 Å². The van der Waals surface area contributed by atoms with Crippen molar-refractivity contribution in [3.05, 3.63) is 0 Å². The van der Waals surface area contributed by atoms with E-state index in [2.05, 4.69) is 9.47 Å². The SMILES string of the molecule is O=C1CCC(=O)OC(C(F)(F)C(F)(F)C(F)(F)C(F)(F)C(F)(F)C(O)(F)F)O1. The van der Waals surface area contributed by atoms with Crippen molar-refractivity contribution in [3.8, 4) is 0 Å². The number of aliphatic hydroxyl groups is 1. The molecule has 0 unspecified atom stereocenters. The topological polar surface area (TPSA) is 72.8 Å². The monoisotopic (exact) mass is 446 g/mol. The van der Waals surface area contributed by atoms with Gasteiger partial charge in [-0.25, -0.2) is 0 Å². The Kier molecular flexibility index (Phi) is 5.64. The molecule has 0 aromatic heterocycles. The summed E-state index contributed by atoms with van der Waals surface area (Å²) in [6.07, 6.45) is -13.5. The molecule has 164 valence electrons. The average Bonchev–Trinajstić information content (AvgIpc) is 2.67. The summed E-state index contributed by atoms with van der Waals surface area (Å²) in [7, 11) is 0. The van der Waals surface area contributed by atoms with Crippen molar-refractivity contribution in [2.75, 3.05) is 0 Å². The fourth-order valence-corrected chi connectivity index (χ4v) is 1.67. The van der Waals surface area contributed by atoms with Crippen LogP contribution in [-0.2, 0) is 19.1 Å². The normalized spacial score (nSPS) is 19.2. The van der Waals surface area contributed by atoms with Crippen LogP contribution in [0.1, 0.15) is 12.8 Å². The molecule has 1 N–H and O–H groups in total. The van der Waals surface area contributed by atoms with E-state index < -0.39 is 66.8 Å². The minimum Gasteiger partial charge on any atom is -0.418 e. The lowest BCUT2D eigenvalue weighted by molar-refractivity contribution is -0.459. The first-order valence-corrected chi connectivity index (χ1v) is 6.53. The van der Waals surface area contributed by atoms with Crippen molar-refractivity contribution >= 4 is 11.9 Å². The zero-order chi connectivity index (χ0) is 22.6. The van der Waals surface area contributed by atoms with Crippen LogP contribution < -0.4 is 0 Å². The van der Waals surface area contributed by atoms with E-state index in [9.17, 15) is 62.3 Å². The molecule has 5 nitrogen and oxygen atoms in total.